The Bertz CT molecular complexity index is 5020. The Morgan fingerprint density at radius 3 is 1.06 bits per heavy atom. The number of rotatable bonds is 8. The topological polar surface area (TPSA) is 32.8 Å². The van der Waals surface area contributed by atoms with Gasteiger partial charge in [-0.3, -0.25) is 0 Å². The van der Waals surface area contributed by atoms with Crippen molar-refractivity contribution in [3.8, 4) is 22.3 Å². The Hall–Kier alpha value is -10.4. The molecule has 2 aromatic heterocycles. The van der Waals surface area contributed by atoms with Crippen LogP contribution in [0.3, 0.4) is 0 Å². The number of benzene rings is 15. The summed E-state index contributed by atoms with van der Waals surface area (Å²) in [7, 11) is 0. The van der Waals surface area contributed by atoms with Crippen LogP contribution in [0.5, 0.6) is 0 Å². The summed E-state index contributed by atoms with van der Waals surface area (Å²) in [5, 5.41) is 19.2. The van der Waals surface area contributed by atoms with Gasteiger partial charge in [-0.15, -0.1) is 0 Å². The normalized spacial score (nSPS) is 12.1. The van der Waals surface area contributed by atoms with E-state index in [4.69, 9.17) is 8.83 Å². The summed E-state index contributed by atoms with van der Waals surface area (Å²) in [6.07, 6.45) is 0. The predicted octanol–water partition coefficient (Wildman–Crippen LogP) is 22.2. The molecule has 0 radical (unpaired) electrons. The van der Waals surface area contributed by atoms with E-state index in [0.717, 1.165) is 78.0 Å². The van der Waals surface area contributed by atoms with Crippen molar-refractivity contribution < 1.29 is 8.83 Å². The van der Waals surface area contributed by atoms with Gasteiger partial charge in [-0.1, -0.05) is 194 Å². The molecule has 0 spiro atoms. The predicted molar refractivity (Wildman–Crippen MR) is 338 cm³/mol. The Labute approximate surface area is 460 Å². The van der Waals surface area contributed by atoms with E-state index in [-0.39, 0.29) is 0 Å². The first-order chi connectivity index (χ1) is 39.5. The van der Waals surface area contributed by atoms with E-state index >= 15 is 0 Å². The Balaban J connectivity index is 0.792. The average Bonchev–Trinajstić information content (AvgIpc) is 4.22. The average molecular weight is 1020 g/mol. The van der Waals surface area contributed by atoms with Crippen LogP contribution in [-0.4, -0.2) is 0 Å². The van der Waals surface area contributed by atoms with Gasteiger partial charge in [0.25, 0.3) is 0 Å². The molecule has 0 unspecified atom stereocenters. The summed E-state index contributed by atoms with van der Waals surface area (Å²) in [6.45, 7) is 4.32. The zero-order valence-corrected chi connectivity index (χ0v) is 44.0. The summed E-state index contributed by atoms with van der Waals surface area (Å²) >= 11 is 0. The van der Waals surface area contributed by atoms with Crippen molar-refractivity contribution in [3.63, 3.8) is 0 Å². The standard InChI is InChI=1S/C76H48N2O2/c1-45-11-7-13-53(43-45)77(67-19-9-17-61-57-15-3-5-21-69(57)79-75(61)67)65-41-33-51-29-37-59-55(35-27-49-31-39-63(65)73(51)71(49)59)47-23-25-48(26-24-47)56-36-28-50-32-40-64-66(42-34-52-30-38-60(56)72(50)74(52)64)78(54-14-8-12-46(2)44-54)68-20-10-18-62-58-16-4-6-22-70(58)80-76(62)68/h3-44H,1-2H3. The summed E-state index contributed by atoms with van der Waals surface area (Å²) in [5.74, 6) is 0. The first-order valence-corrected chi connectivity index (χ1v) is 27.6. The minimum Gasteiger partial charge on any atom is -0.454 e. The van der Waals surface area contributed by atoms with Gasteiger partial charge in [0, 0.05) is 43.7 Å². The molecule has 0 saturated heterocycles. The number of aryl methyl sites for hydroxylation is 2. The molecular weight excluding hydrogens is 973 g/mol. The molecule has 15 aromatic carbocycles. The molecule has 0 N–H and O–H groups in total. The van der Waals surface area contributed by atoms with E-state index < -0.39 is 0 Å². The molecule has 17 aromatic rings. The molecule has 0 amide bonds. The molecule has 80 heavy (non-hydrogen) atoms. The molecule has 0 atom stereocenters. The minimum absolute atomic E-state index is 0.873. The van der Waals surface area contributed by atoms with Crippen LogP contribution < -0.4 is 9.80 Å². The lowest BCUT2D eigenvalue weighted by Crippen LogP contribution is -2.11. The van der Waals surface area contributed by atoms with Crippen LogP contribution in [0.25, 0.3) is 131 Å². The van der Waals surface area contributed by atoms with E-state index in [1.165, 1.54) is 98.0 Å². The second kappa shape index (κ2) is 17.0. The molecule has 0 aliphatic carbocycles. The highest BCUT2D eigenvalue weighted by molar-refractivity contribution is 6.30. The van der Waals surface area contributed by atoms with Gasteiger partial charge < -0.3 is 18.6 Å². The second-order valence-corrected chi connectivity index (χ2v) is 21.7. The van der Waals surface area contributed by atoms with E-state index in [9.17, 15) is 0 Å². The number of hydrogen-bond donors (Lipinski definition) is 0. The lowest BCUT2D eigenvalue weighted by Gasteiger charge is -2.28. The van der Waals surface area contributed by atoms with Crippen molar-refractivity contribution in [1.29, 1.82) is 0 Å². The SMILES string of the molecule is Cc1cccc(N(c2ccc3ccc4c(-c5ccc(-c6ccc7ccc8c(N(c9cccc(C)c9)c9cccc%10c9oc9ccccc9%10)ccc9ccc6c7c98)cc5)ccc5ccc2c3c54)c2cccc3c2oc2ccccc23)c1. The fraction of sp³-hybridized carbons (Fsp3) is 0.0263. The maximum Gasteiger partial charge on any atom is 0.159 e. The van der Waals surface area contributed by atoms with Crippen molar-refractivity contribution >= 4 is 143 Å². The minimum atomic E-state index is 0.873. The van der Waals surface area contributed by atoms with Crippen LogP contribution >= 0.6 is 0 Å². The van der Waals surface area contributed by atoms with Crippen molar-refractivity contribution in [3.05, 3.63) is 266 Å². The number of furan rings is 2. The number of nitrogens with zero attached hydrogens (tertiary/aromatic N) is 2. The van der Waals surface area contributed by atoms with Gasteiger partial charge in [0.05, 0.1) is 22.7 Å². The number of fused-ring (bicyclic) bond motifs is 6. The van der Waals surface area contributed by atoms with E-state index in [0.29, 0.717) is 0 Å². The zero-order chi connectivity index (χ0) is 52.7. The van der Waals surface area contributed by atoms with Gasteiger partial charge >= 0.3 is 0 Å². The molecular formula is C76H48N2O2. The van der Waals surface area contributed by atoms with E-state index in [2.05, 4.69) is 266 Å². The smallest absolute Gasteiger partial charge is 0.159 e. The van der Waals surface area contributed by atoms with Gasteiger partial charge in [-0.05, 0) is 162 Å². The van der Waals surface area contributed by atoms with Gasteiger partial charge in [-0.2, -0.15) is 0 Å². The van der Waals surface area contributed by atoms with Gasteiger partial charge in [0.1, 0.15) is 11.2 Å². The zero-order valence-electron chi connectivity index (χ0n) is 44.0. The summed E-state index contributed by atoms with van der Waals surface area (Å²) in [6, 6.07) is 93.4. The highest BCUT2D eigenvalue weighted by Crippen LogP contribution is 2.51. The van der Waals surface area contributed by atoms with Gasteiger partial charge in [-0.25, -0.2) is 0 Å². The molecule has 0 saturated carbocycles. The molecule has 4 nitrogen and oxygen atoms in total. The van der Waals surface area contributed by atoms with E-state index in [1.54, 1.807) is 0 Å². The summed E-state index contributed by atoms with van der Waals surface area (Å²) < 4.78 is 13.5. The fourth-order valence-corrected chi connectivity index (χ4v) is 13.5. The molecule has 0 fully saturated rings. The quantitative estimate of drug-likeness (QED) is 0.142. The number of para-hydroxylation sites is 4. The lowest BCUT2D eigenvalue weighted by molar-refractivity contribution is 0.669. The van der Waals surface area contributed by atoms with Crippen molar-refractivity contribution in [2.24, 2.45) is 0 Å². The van der Waals surface area contributed by atoms with Crippen LogP contribution in [0.2, 0.25) is 0 Å². The number of hydrogen-bond acceptors (Lipinski definition) is 4. The fourth-order valence-electron chi connectivity index (χ4n) is 13.5. The molecule has 2 heterocycles. The highest BCUT2D eigenvalue weighted by atomic mass is 16.3. The van der Waals surface area contributed by atoms with Crippen LogP contribution in [0.15, 0.2) is 264 Å². The molecule has 0 aliphatic heterocycles. The monoisotopic (exact) mass is 1020 g/mol. The maximum absolute atomic E-state index is 6.73. The lowest BCUT2D eigenvalue weighted by atomic mass is 9.87. The summed E-state index contributed by atoms with van der Waals surface area (Å²) in [5.41, 5.74) is 17.1. The van der Waals surface area contributed by atoms with Gasteiger partial charge in [0.15, 0.2) is 11.2 Å². The molecule has 0 aliphatic rings. The Morgan fingerprint density at radius 1 is 0.263 bits per heavy atom. The second-order valence-electron chi connectivity index (χ2n) is 21.7. The van der Waals surface area contributed by atoms with Gasteiger partial charge in [0.2, 0.25) is 0 Å². The van der Waals surface area contributed by atoms with Crippen LogP contribution in [0, 0.1) is 13.8 Å². The van der Waals surface area contributed by atoms with Crippen LogP contribution in [0.4, 0.5) is 34.1 Å². The van der Waals surface area contributed by atoms with Crippen LogP contribution in [0.1, 0.15) is 11.1 Å². The number of anilines is 6. The Kier molecular flexibility index (Phi) is 9.52. The Morgan fingerprint density at radius 2 is 0.625 bits per heavy atom. The largest absolute Gasteiger partial charge is 0.454 e. The molecule has 374 valence electrons. The first-order valence-electron chi connectivity index (χ1n) is 27.6. The third-order valence-corrected chi connectivity index (χ3v) is 17.0. The summed E-state index contributed by atoms with van der Waals surface area (Å²) in [4.78, 5) is 4.79. The molecule has 0 bridgehead atoms. The third kappa shape index (κ3) is 6.57. The highest BCUT2D eigenvalue weighted by Gasteiger charge is 2.26. The van der Waals surface area contributed by atoms with Crippen molar-refractivity contribution in [2.45, 2.75) is 13.8 Å². The molecule has 17 rings (SSSR count). The molecule has 4 heteroatoms. The van der Waals surface area contributed by atoms with E-state index in [1.807, 2.05) is 12.1 Å². The third-order valence-electron chi connectivity index (χ3n) is 17.0. The van der Waals surface area contributed by atoms with Crippen molar-refractivity contribution in [1.82, 2.24) is 0 Å². The van der Waals surface area contributed by atoms with Crippen LogP contribution in [-0.2, 0) is 0 Å². The first kappa shape index (κ1) is 44.7. The van der Waals surface area contributed by atoms with Crippen molar-refractivity contribution in [2.75, 3.05) is 9.80 Å². The maximum atomic E-state index is 6.73.